The molecule has 1 N–H and O–H groups in total. The van der Waals surface area contributed by atoms with E-state index in [-0.39, 0.29) is 0 Å². The molecule has 1 unspecified atom stereocenters. The van der Waals surface area contributed by atoms with Crippen LogP contribution < -0.4 is 10.2 Å². The zero-order valence-electron chi connectivity index (χ0n) is 12.5. The van der Waals surface area contributed by atoms with E-state index in [1.165, 1.54) is 30.5 Å². The molecule has 20 heavy (non-hydrogen) atoms. The van der Waals surface area contributed by atoms with Crippen LogP contribution in [0, 0.1) is 0 Å². The molecule has 0 aromatic heterocycles. The summed E-state index contributed by atoms with van der Waals surface area (Å²) >= 11 is 3.69. The number of hydrogen-bond donors (Lipinski definition) is 1. The second-order valence-electron chi connectivity index (χ2n) is 5.44. The number of halogens is 1. The van der Waals surface area contributed by atoms with Crippen LogP contribution in [0.5, 0.6) is 0 Å². The molecule has 2 rings (SSSR count). The van der Waals surface area contributed by atoms with E-state index in [4.69, 9.17) is 4.74 Å². The Hall–Kier alpha value is -0.580. The smallest absolute Gasteiger partial charge is 0.0749 e. The zero-order chi connectivity index (χ0) is 14.4. The molecule has 0 saturated carbocycles. The van der Waals surface area contributed by atoms with Crippen molar-refractivity contribution in [3.8, 4) is 0 Å². The van der Waals surface area contributed by atoms with Crippen molar-refractivity contribution < 1.29 is 4.74 Å². The molecule has 0 spiro atoms. The number of ether oxygens (including phenoxy) is 1. The third-order valence-corrected chi connectivity index (χ3v) is 4.39. The number of likely N-dealkylation sites (N-methyl/N-ethyl adjacent to an activating group) is 1. The maximum atomic E-state index is 5.82. The van der Waals surface area contributed by atoms with Crippen LogP contribution in [0.2, 0.25) is 0 Å². The Morgan fingerprint density at radius 2 is 2.25 bits per heavy atom. The van der Waals surface area contributed by atoms with E-state index < -0.39 is 0 Å². The van der Waals surface area contributed by atoms with E-state index in [1.807, 2.05) is 0 Å². The maximum absolute atomic E-state index is 5.82. The van der Waals surface area contributed by atoms with Crippen LogP contribution in [0.15, 0.2) is 22.7 Å². The molecule has 1 aliphatic rings. The molecule has 112 valence electrons. The molecule has 1 aliphatic heterocycles. The predicted octanol–water partition coefficient (Wildman–Crippen LogP) is 3.56. The Morgan fingerprint density at radius 1 is 1.40 bits per heavy atom. The predicted molar refractivity (Wildman–Crippen MR) is 88.4 cm³/mol. The van der Waals surface area contributed by atoms with Gasteiger partial charge in [-0.25, -0.2) is 0 Å². The number of nitrogens with zero attached hydrogens (tertiary/aromatic N) is 1. The van der Waals surface area contributed by atoms with E-state index in [9.17, 15) is 0 Å². The van der Waals surface area contributed by atoms with Gasteiger partial charge in [-0.1, -0.05) is 13.0 Å². The summed E-state index contributed by atoms with van der Waals surface area (Å²) in [5.74, 6) is 0. The monoisotopic (exact) mass is 340 g/mol. The maximum Gasteiger partial charge on any atom is 0.0749 e. The fraction of sp³-hybridized carbons (Fsp3) is 0.625. The van der Waals surface area contributed by atoms with Crippen LogP contribution in [-0.2, 0) is 11.3 Å². The van der Waals surface area contributed by atoms with Gasteiger partial charge < -0.3 is 15.0 Å². The second-order valence-corrected chi connectivity index (χ2v) is 6.29. The van der Waals surface area contributed by atoms with Crippen molar-refractivity contribution in [2.45, 2.75) is 38.8 Å². The quantitative estimate of drug-likeness (QED) is 0.856. The van der Waals surface area contributed by atoms with E-state index in [1.54, 1.807) is 0 Å². The van der Waals surface area contributed by atoms with Crippen LogP contribution in [0.4, 0.5) is 5.69 Å². The average Bonchev–Trinajstić information content (AvgIpc) is 2.46. The number of nitrogens with one attached hydrogen (secondary N) is 1. The summed E-state index contributed by atoms with van der Waals surface area (Å²) in [6, 6.07) is 6.59. The van der Waals surface area contributed by atoms with Crippen LogP contribution in [0.3, 0.4) is 0 Å². The first kappa shape index (κ1) is 15.8. The summed E-state index contributed by atoms with van der Waals surface area (Å²) in [4.78, 5) is 2.29. The van der Waals surface area contributed by atoms with E-state index in [0.717, 1.165) is 30.7 Å². The van der Waals surface area contributed by atoms with Gasteiger partial charge in [0.15, 0.2) is 0 Å². The normalized spacial score (nSPS) is 19.1. The Labute approximate surface area is 130 Å². The Balaban J connectivity index is 1.96. The first-order chi connectivity index (χ1) is 9.70. The Morgan fingerprint density at radius 3 is 2.90 bits per heavy atom. The molecule has 0 radical (unpaired) electrons. The fourth-order valence-electron chi connectivity index (χ4n) is 2.59. The van der Waals surface area contributed by atoms with Crippen LogP contribution in [0.25, 0.3) is 0 Å². The number of hydrogen-bond acceptors (Lipinski definition) is 3. The van der Waals surface area contributed by atoms with Gasteiger partial charge in [-0.05, 0) is 59.4 Å². The van der Waals surface area contributed by atoms with Crippen LogP contribution >= 0.6 is 15.9 Å². The highest BCUT2D eigenvalue weighted by molar-refractivity contribution is 9.10. The van der Waals surface area contributed by atoms with Crippen molar-refractivity contribution in [2.75, 3.05) is 31.6 Å². The molecule has 3 nitrogen and oxygen atoms in total. The van der Waals surface area contributed by atoms with Crippen LogP contribution in [0.1, 0.15) is 31.7 Å². The third kappa shape index (κ3) is 4.47. The molecule has 4 heteroatoms. The van der Waals surface area contributed by atoms with Crippen LogP contribution in [-0.4, -0.2) is 32.8 Å². The summed E-state index contributed by atoms with van der Waals surface area (Å²) in [7, 11) is 2.14. The molecule has 0 bridgehead atoms. The Kier molecular flexibility index (Phi) is 6.33. The topological polar surface area (TPSA) is 24.5 Å². The minimum Gasteiger partial charge on any atom is -0.376 e. The highest BCUT2D eigenvalue weighted by Crippen LogP contribution is 2.27. The highest BCUT2D eigenvalue weighted by atomic mass is 79.9. The molecule has 1 aromatic rings. The van der Waals surface area contributed by atoms with Gasteiger partial charge in [-0.15, -0.1) is 0 Å². The molecule has 0 amide bonds. The lowest BCUT2D eigenvalue weighted by Gasteiger charge is -2.29. The standard InChI is InChI=1S/C16H25BrN2O/c1-3-18-11-13-7-8-16(15(17)10-13)19(2)12-14-6-4-5-9-20-14/h7-8,10,14,18H,3-6,9,11-12H2,1-2H3. The largest absolute Gasteiger partial charge is 0.376 e. The highest BCUT2D eigenvalue weighted by Gasteiger charge is 2.17. The minimum absolute atomic E-state index is 0.377. The summed E-state index contributed by atoms with van der Waals surface area (Å²) < 4.78 is 6.98. The van der Waals surface area contributed by atoms with Crippen molar-refractivity contribution >= 4 is 21.6 Å². The van der Waals surface area contributed by atoms with Gasteiger partial charge in [-0.2, -0.15) is 0 Å². The molecule has 0 aliphatic carbocycles. The Bertz CT molecular complexity index is 419. The molecular weight excluding hydrogens is 316 g/mol. The number of benzene rings is 1. The van der Waals surface area contributed by atoms with E-state index in [2.05, 4.69) is 58.3 Å². The van der Waals surface area contributed by atoms with Gasteiger partial charge in [0.25, 0.3) is 0 Å². The lowest BCUT2D eigenvalue weighted by Crippen LogP contribution is -2.33. The number of anilines is 1. The minimum atomic E-state index is 0.377. The SMILES string of the molecule is CCNCc1ccc(N(C)CC2CCCCO2)c(Br)c1. The molecule has 1 atom stereocenters. The molecule has 1 heterocycles. The lowest BCUT2D eigenvalue weighted by atomic mass is 10.1. The van der Waals surface area contributed by atoms with Crippen molar-refractivity contribution in [2.24, 2.45) is 0 Å². The van der Waals surface area contributed by atoms with Crippen molar-refractivity contribution in [3.05, 3.63) is 28.2 Å². The molecule has 1 fully saturated rings. The van der Waals surface area contributed by atoms with E-state index in [0.29, 0.717) is 6.10 Å². The average molecular weight is 341 g/mol. The van der Waals surface area contributed by atoms with Gasteiger partial charge in [0.2, 0.25) is 0 Å². The summed E-state index contributed by atoms with van der Waals surface area (Å²) in [5.41, 5.74) is 2.55. The van der Waals surface area contributed by atoms with Gasteiger partial charge in [0.05, 0.1) is 11.8 Å². The van der Waals surface area contributed by atoms with Gasteiger partial charge in [0.1, 0.15) is 0 Å². The lowest BCUT2D eigenvalue weighted by molar-refractivity contribution is 0.0216. The third-order valence-electron chi connectivity index (χ3n) is 3.75. The van der Waals surface area contributed by atoms with Crippen molar-refractivity contribution in [1.29, 1.82) is 0 Å². The van der Waals surface area contributed by atoms with Crippen molar-refractivity contribution in [3.63, 3.8) is 0 Å². The fourth-order valence-corrected chi connectivity index (χ4v) is 3.32. The van der Waals surface area contributed by atoms with Gasteiger partial charge in [-0.3, -0.25) is 0 Å². The van der Waals surface area contributed by atoms with E-state index >= 15 is 0 Å². The second kappa shape index (κ2) is 8.01. The van der Waals surface area contributed by atoms with Gasteiger partial charge >= 0.3 is 0 Å². The number of rotatable bonds is 6. The summed E-state index contributed by atoms with van der Waals surface area (Å²) in [6.45, 7) is 5.93. The molecule has 1 saturated heterocycles. The first-order valence-electron chi connectivity index (χ1n) is 7.52. The molecular formula is C16H25BrN2O. The summed E-state index contributed by atoms with van der Waals surface area (Å²) in [5, 5.41) is 3.35. The first-order valence-corrected chi connectivity index (χ1v) is 8.32. The van der Waals surface area contributed by atoms with Crippen molar-refractivity contribution in [1.82, 2.24) is 5.32 Å². The summed E-state index contributed by atoms with van der Waals surface area (Å²) in [6.07, 6.45) is 4.06. The zero-order valence-corrected chi connectivity index (χ0v) is 14.1. The molecule has 1 aromatic carbocycles. The van der Waals surface area contributed by atoms with Gasteiger partial charge in [0, 0.05) is 31.2 Å².